The van der Waals surface area contributed by atoms with E-state index in [0.29, 0.717) is 62.6 Å². The minimum atomic E-state index is -1.33. The summed E-state index contributed by atoms with van der Waals surface area (Å²) in [5.41, 5.74) is 2.14. The molecule has 10 nitrogen and oxygen atoms in total. The maximum Gasteiger partial charge on any atom is 0.341 e. The Kier molecular flexibility index (Phi) is 8.60. The van der Waals surface area contributed by atoms with Gasteiger partial charge in [-0.1, -0.05) is 17.3 Å². The van der Waals surface area contributed by atoms with Crippen LogP contribution in [0.25, 0.3) is 10.9 Å². The Morgan fingerprint density at radius 1 is 1.13 bits per heavy atom. The number of fused-ring (bicyclic) bond motifs is 1. The highest BCUT2D eigenvalue weighted by Gasteiger charge is 2.23. The van der Waals surface area contributed by atoms with Crippen LogP contribution in [0.5, 0.6) is 0 Å². The van der Waals surface area contributed by atoms with Gasteiger partial charge in [0.15, 0.2) is 0 Å². The van der Waals surface area contributed by atoms with E-state index < -0.39 is 17.2 Å². The quantitative estimate of drug-likeness (QED) is 0.318. The molecule has 1 aliphatic rings. The van der Waals surface area contributed by atoms with Crippen LogP contribution in [0.2, 0.25) is 0 Å². The smallest absolute Gasteiger partial charge is 0.341 e. The fourth-order valence-electron chi connectivity index (χ4n) is 4.74. The topological polar surface area (TPSA) is 116 Å². The summed E-state index contributed by atoms with van der Waals surface area (Å²) in [6.45, 7) is 7.09. The number of aryl methyl sites for hydroxylation is 1. The van der Waals surface area contributed by atoms with Gasteiger partial charge in [-0.3, -0.25) is 14.5 Å². The number of oxime groups is 1. The van der Waals surface area contributed by atoms with E-state index in [0.717, 1.165) is 17.3 Å². The Hall–Kier alpha value is -4.25. The van der Waals surface area contributed by atoms with Crippen molar-refractivity contribution in [3.63, 3.8) is 0 Å². The second kappa shape index (κ2) is 12.1. The van der Waals surface area contributed by atoms with Crippen molar-refractivity contribution in [1.82, 2.24) is 9.47 Å². The van der Waals surface area contributed by atoms with E-state index in [4.69, 9.17) is 4.84 Å². The van der Waals surface area contributed by atoms with Crippen LogP contribution in [-0.2, 0) is 16.2 Å². The van der Waals surface area contributed by atoms with Crippen molar-refractivity contribution < 1.29 is 23.9 Å². The third-order valence-electron chi connectivity index (χ3n) is 6.90. The van der Waals surface area contributed by atoms with Crippen LogP contribution in [0, 0.1) is 5.82 Å². The molecule has 0 atom stereocenters. The molecule has 0 radical (unpaired) electrons. The number of rotatable bonds is 9. The highest BCUT2D eigenvalue weighted by Crippen LogP contribution is 2.26. The molecule has 39 heavy (non-hydrogen) atoms. The molecular weight excluding hydrogens is 505 g/mol. The predicted molar refractivity (Wildman–Crippen MR) is 148 cm³/mol. The number of anilines is 2. The fraction of sp³-hybridized carbons (Fsp3) is 0.357. The third kappa shape index (κ3) is 6.26. The number of carboxylic acid groups (broad SMARTS) is 1. The van der Waals surface area contributed by atoms with Crippen LogP contribution in [-0.4, -0.2) is 72.0 Å². The number of piperazine rings is 1. The van der Waals surface area contributed by atoms with E-state index in [1.54, 1.807) is 10.6 Å². The molecular formula is C28H32FN5O5. The number of hydrogen-bond acceptors (Lipinski definition) is 7. The van der Waals surface area contributed by atoms with E-state index in [9.17, 15) is 19.5 Å². The number of benzene rings is 2. The minimum Gasteiger partial charge on any atom is -0.477 e. The zero-order valence-electron chi connectivity index (χ0n) is 22.2. The number of amides is 1. The van der Waals surface area contributed by atoms with Crippen molar-refractivity contribution in [2.45, 2.75) is 26.8 Å². The molecule has 1 amide bonds. The lowest BCUT2D eigenvalue weighted by molar-refractivity contribution is -0.116. The van der Waals surface area contributed by atoms with Crippen LogP contribution in [0.3, 0.4) is 0 Å². The molecule has 2 N–H and O–H groups in total. The Morgan fingerprint density at radius 3 is 2.44 bits per heavy atom. The van der Waals surface area contributed by atoms with Crippen LogP contribution in [0.15, 0.2) is 52.5 Å². The van der Waals surface area contributed by atoms with Crippen molar-refractivity contribution in [3.05, 3.63) is 69.8 Å². The summed E-state index contributed by atoms with van der Waals surface area (Å²) >= 11 is 0. The number of nitrogens with one attached hydrogen (secondary N) is 1. The molecule has 2 heterocycles. The molecule has 0 unspecified atom stereocenters. The summed E-state index contributed by atoms with van der Waals surface area (Å²) in [5, 5.41) is 16.2. The first-order valence-corrected chi connectivity index (χ1v) is 12.8. The van der Waals surface area contributed by atoms with Crippen LogP contribution >= 0.6 is 0 Å². The number of carbonyl (C=O) groups is 2. The van der Waals surface area contributed by atoms with Gasteiger partial charge in [-0.15, -0.1) is 0 Å². The molecule has 0 bridgehead atoms. The first-order chi connectivity index (χ1) is 18.7. The van der Waals surface area contributed by atoms with Crippen molar-refractivity contribution >= 4 is 39.9 Å². The standard InChI is InChI=1S/C28H32FN5O5/c1-4-33-17-22(28(37)38)27(36)21-15-23(29)25(16-24(21)33)34-13-11-32(12-14-34)10-9-26(35)30-20-7-5-19(6-8-20)18(2)31-39-3/h5-8,15-17H,4,9-14H2,1-3H3,(H,30,35)(H,37,38)/b31-18-. The molecule has 0 spiro atoms. The second-order valence-electron chi connectivity index (χ2n) is 9.35. The Balaban J connectivity index is 1.35. The highest BCUT2D eigenvalue weighted by molar-refractivity contribution is 5.99. The summed E-state index contributed by atoms with van der Waals surface area (Å²) in [6.07, 6.45) is 1.63. The molecule has 11 heteroatoms. The number of carbonyl (C=O) groups excluding carboxylic acids is 1. The number of aromatic carboxylic acids is 1. The zero-order valence-corrected chi connectivity index (χ0v) is 22.2. The van der Waals surface area contributed by atoms with Gasteiger partial charge in [0, 0.05) is 63.0 Å². The highest BCUT2D eigenvalue weighted by atomic mass is 19.1. The lowest BCUT2D eigenvalue weighted by Crippen LogP contribution is -2.47. The monoisotopic (exact) mass is 537 g/mol. The maximum absolute atomic E-state index is 15.1. The van der Waals surface area contributed by atoms with Gasteiger partial charge in [-0.25, -0.2) is 9.18 Å². The van der Waals surface area contributed by atoms with Gasteiger partial charge in [-0.05, 0) is 43.7 Å². The molecule has 4 rings (SSSR count). The fourth-order valence-corrected chi connectivity index (χ4v) is 4.74. The Labute approximate surface area is 225 Å². The molecule has 0 aliphatic carbocycles. The predicted octanol–water partition coefficient (Wildman–Crippen LogP) is 3.38. The molecule has 0 saturated carbocycles. The molecule has 206 valence electrons. The third-order valence-corrected chi connectivity index (χ3v) is 6.90. The normalized spacial score (nSPS) is 14.5. The molecule has 1 saturated heterocycles. The minimum absolute atomic E-state index is 0.0514. The Bertz CT molecular complexity index is 1460. The van der Waals surface area contributed by atoms with Crippen LogP contribution in [0.4, 0.5) is 15.8 Å². The Morgan fingerprint density at radius 2 is 1.82 bits per heavy atom. The van der Waals surface area contributed by atoms with E-state index in [-0.39, 0.29) is 16.9 Å². The van der Waals surface area contributed by atoms with Gasteiger partial charge >= 0.3 is 5.97 Å². The SMILES string of the molecule is CCn1cc(C(=O)O)c(=O)c2cc(F)c(N3CCN(CCC(=O)Nc4ccc(/C(C)=N\OC)cc4)CC3)cc21. The van der Waals surface area contributed by atoms with E-state index >= 15 is 4.39 Å². The van der Waals surface area contributed by atoms with Gasteiger partial charge in [0.05, 0.1) is 16.9 Å². The van der Waals surface area contributed by atoms with Crippen LogP contribution in [0.1, 0.15) is 36.2 Å². The molecule has 1 aromatic heterocycles. The van der Waals surface area contributed by atoms with Gasteiger partial charge in [0.25, 0.3) is 0 Å². The summed E-state index contributed by atoms with van der Waals surface area (Å²) in [7, 11) is 1.49. The van der Waals surface area contributed by atoms with Gasteiger partial charge in [-0.2, -0.15) is 0 Å². The van der Waals surface area contributed by atoms with Crippen molar-refractivity contribution in [2.24, 2.45) is 5.16 Å². The number of nitrogens with zero attached hydrogens (tertiary/aromatic N) is 4. The first kappa shape index (κ1) is 27.8. The summed E-state index contributed by atoms with van der Waals surface area (Å²) in [5.74, 6) is -1.99. The number of aromatic nitrogens is 1. The van der Waals surface area contributed by atoms with Crippen molar-refractivity contribution in [2.75, 3.05) is 50.1 Å². The average Bonchev–Trinajstić information content (AvgIpc) is 2.93. The van der Waals surface area contributed by atoms with E-state index in [1.165, 1.54) is 13.3 Å². The maximum atomic E-state index is 15.1. The largest absolute Gasteiger partial charge is 0.477 e. The molecule has 3 aromatic rings. The molecule has 1 fully saturated rings. The van der Waals surface area contributed by atoms with Gasteiger partial charge in [0.1, 0.15) is 18.5 Å². The molecule has 1 aliphatic heterocycles. The number of carboxylic acids is 1. The number of halogens is 1. The van der Waals surface area contributed by atoms with Crippen molar-refractivity contribution in [3.8, 4) is 0 Å². The van der Waals surface area contributed by atoms with Gasteiger partial charge < -0.3 is 24.7 Å². The lowest BCUT2D eigenvalue weighted by Gasteiger charge is -2.36. The van der Waals surface area contributed by atoms with Crippen LogP contribution < -0.4 is 15.6 Å². The number of hydrogen-bond donors (Lipinski definition) is 2. The zero-order chi connectivity index (χ0) is 28.1. The summed E-state index contributed by atoms with van der Waals surface area (Å²) in [6, 6.07) is 10.1. The average molecular weight is 538 g/mol. The molecule has 2 aromatic carbocycles. The second-order valence-corrected chi connectivity index (χ2v) is 9.35. The number of pyridine rings is 1. The van der Waals surface area contributed by atoms with Gasteiger partial charge in [0.2, 0.25) is 11.3 Å². The summed E-state index contributed by atoms with van der Waals surface area (Å²) in [4.78, 5) is 45.4. The van der Waals surface area contributed by atoms with Crippen molar-refractivity contribution in [1.29, 1.82) is 0 Å². The van der Waals surface area contributed by atoms with E-state index in [1.807, 2.05) is 43.0 Å². The first-order valence-electron chi connectivity index (χ1n) is 12.8. The van der Waals surface area contributed by atoms with E-state index in [2.05, 4.69) is 15.4 Å². The summed E-state index contributed by atoms with van der Waals surface area (Å²) < 4.78 is 16.8. The lowest BCUT2D eigenvalue weighted by atomic mass is 10.1.